The zero-order valence-corrected chi connectivity index (χ0v) is 9.25. The number of nitrogens with zero attached hydrogens (tertiary/aromatic N) is 1. The Morgan fingerprint density at radius 1 is 1.40 bits per heavy atom. The molecule has 0 aliphatic carbocycles. The molecule has 1 aromatic rings. The second-order valence-electron chi connectivity index (χ2n) is 3.32. The maximum absolute atomic E-state index is 11.4. The smallest absolute Gasteiger partial charge is 0.228 e. The molecule has 1 aliphatic heterocycles. The van der Waals surface area contributed by atoms with Crippen LogP contribution in [-0.2, 0) is 4.79 Å². The first-order valence-corrected chi connectivity index (χ1v) is 5.98. The molecule has 0 bridgehead atoms. The van der Waals surface area contributed by atoms with Crippen LogP contribution >= 0.6 is 11.8 Å². The van der Waals surface area contributed by atoms with Gasteiger partial charge in [0, 0.05) is 0 Å². The highest BCUT2D eigenvalue weighted by Gasteiger charge is 2.21. The number of thioether (sulfide) groups is 1. The van der Waals surface area contributed by atoms with Crippen molar-refractivity contribution in [2.24, 2.45) is 4.99 Å². The van der Waals surface area contributed by atoms with Gasteiger partial charge in [-0.2, -0.15) is 0 Å². The quantitative estimate of drug-likeness (QED) is 0.786. The molecule has 1 aromatic carbocycles. The molecule has 0 spiro atoms. The van der Waals surface area contributed by atoms with Crippen LogP contribution in [0.15, 0.2) is 35.3 Å². The van der Waals surface area contributed by atoms with E-state index in [-0.39, 0.29) is 11.9 Å². The molecule has 1 heterocycles. The predicted molar refractivity (Wildman–Crippen MR) is 62.9 cm³/mol. The Morgan fingerprint density at radius 2 is 2.13 bits per heavy atom. The van der Waals surface area contributed by atoms with Crippen LogP contribution in [0.3, 0.4) is 0 Å². The van der Waals surface area contributed by atoms with Gasteiger partial charge in [0.1, 0.15) is 0 Å². The molecule has 4 heteroatoms. The first kappa shape index (κ1) is 10.2. The van der Waals surface area contributed by atoms with Crippen LogP contribution in [0.1, 0.15) is 18.0 Å². The number of amides is 1. The minimum absolute atomic E-state index is 0.0256. The minimum atomic E-state index is -0.0256. The van der Waals surface area contributed by atoms with Crippen molar-refractivity contribution in [2.45, 2.75) is 12.5 Å². The first-order chi connectivity index (χ1) is 7.29. The van der Waals surface area contributed by atoms with E-state index in [1.165, 1.54) is 11.8 Å². The zero-order valence-electron chi connectivity index (χ0n) is 8.43. The SMILES string of the molecule is CSC1=N[C@H](c2ccccc2)CC(=O)N1. The molecule has 0 unspecified atom stereocenters. The molecule has 1 atom stereocenters. The van der Waals surface area contributed by atoms with Crippen molar-refractivity contribution < 1.29 is 4.79 Å². The molecule has 78 valence electrons. The molecule has 15 heavy (non-hydrogen) atoms. The third-order valence-electron chi connectivity index (χ3n) is 2.28. The van der Waals surface area contributed by atoms with Gasteiger partial charge in [-0.1, -0.05) is 42.1 Å². The molecule has 0 saturated carbocycles. The highest BCUT2D eigenvalue weighted by atomic mass is 32.2. The fraction of sp³-hybridized carbons (Fsp3) is 0.273. The number of amidine groups is 1. The van der Waals surface area contributed by atoms with Crippen LogP contribution < -0.4 is 5.32 Å². The van der Waals surface area contributed by atoms with Gasteiger partial charge < -0.3 is 5.32 Å². The Balaban J connectivity index is 2.26. The monoisotopic (exact) mass is 220 g/mol. The van der Waals surface area contributed by atoms with Gasteiger partial charge in [0.2, 0.25) is 5.91 Å². The standard InChI is InChI=1S/C11H12N2OS/c1-15-11-12-9(7-10(14)13-11)8-5-3-2-4-6-8/h2-6,9H,7H2,1H3,(H,12,13,14)/t9-/m0/s1. The maximum atomic E-state index is 11.4. The summed E-state index contributed by atoms with van der Waals surface area (Å²) < 4.78 is 0. The Bertz CT molecular complexity index is 389. The fourth-order valence-corrected chi connectivity index (χ4v) is 1.99. The highest BCUT2D eigenvalue weighted by molar-refractivity contribution is 8.13. The van der Waals surface area contributed by atoms with Crippen LogP contribution in [0.5, 0.6) is 0 Å². The Kier molecular flexibility index (Phi) is 3.06. The lowest BCUT2D eigenvalue weighted by molar-refractivity contribution is -0.120. The summed E-state index contributed by atoms with van der Waals surface area (Å²) >= 11 is 1.47. The highest BCUT2D eigenvalue weighted by Crippen LogP contribution is 2.24. The van der Waals surface area contributed by atoms with E-state index >= 15 is 0 Å². The molecule has 1 aliphatic rings. The van der Waals surface area contributed by atoms with Gasteiger partial charge >= 0.3 is 0 Å². The van der Waals surface area contributed by atoms with Gasteiger partial charge in [0.25, 0.3) is 0 Å². The number of carbonyl (C=O) groups is 1. The minimum Gasteiger partial charge on any atom is -0.305 e. The lowest BCUT2D eigenvalue weighted by Gasteiger charge is -2.19. The Hall–Kier alpha value is -1.29. The van der Waals surface area contributed by atoms with Crippen molar-refractivity contribution >= 4 is 22.8 Å². The topological polar surface area (TPSA) is 41.5 Å². The zero-order chi connectivity index (χ0) is 10.7. The second kappa shape index (κ2) is 4.49. The largest absolute Gasteiger partial charge is 0.305 e. The van der Waals surface area contributed by atoms with Gasteiger partial charge in [0.15, 0.2) is 5.17 Å². The van der Waals surface area contributed by atoms with E-state index in [0.717, 1.165) is 5.56 Å². The molecule has 0 fully saturated rings. The van der Waals surface area contributed by atoms with E-state index in [9.17, 15) is 4.79 Å². The number of aliphatic imine (C=N–C) groups is 1. The van der Waals surface area contributed by atoms with E-state index in [1.807, 2.05) is 36.6 Å². The van der Waals surface area contributed by atoms with Gasteiger partial charge in [-0.25, -0.2) is 0 Å². The molecule has 0 aromatic heterocycles. The Morgan fingerprint density at radius 3 is 2.80 bits per heavy atom. The van der Waals surface area contributed by atoms with E-state index in [1.54, 1.807) is 0 Å². The van der Waals surface area contributed by atoms with E-state index < -0.39 is 0 Å². The van der Waals surface area contributed by atoms with Crippen LogP contribution in [0.2, 0.25) is 0 Å². The molecular weight excluding hydrogens is 208 g/mol. The molecular formula is C11H12N2OS. The van der Waals surface area contributed by atoms with Crippen LogP contribution in [0, 0.1) is 0 Å². The van der Waals surface area contributed by atoms with Crippen molar-refractivity contribution in [3.05, 3.63) is 35.9 Å². The summed E-state index contributed by atoms with van der Waals surface area (Å²) in [4.78, 5) is 15.9. The van der Waals surface area contributed by atoms with E-state index in [2.05, 4.69) is 10.3 Å². The van der Waals surface area contributed by atoms with Crippen molar-refractivity contribution in [1.82, 2.24) is 5.32 Å². The summed E-state index contributed by atoms with van der Waals surface area (Å²) in [6.07, 6.45) is 2.35. The van der Waals surface area contributed by atoms with Crippen LogP contribution in [0.4, 0.5) is 0 Å². The van der Waals surface area contributed by atoms with E-state index in [4.69, 9.17) is 0 Å². The van der Waals surface area contributed by atoms with E-state index in [0.29, 0.717) is 11.6 Å². The first-order valence-electron chi connectivity index (χ1n) is 4.76. The van der Waals surface area contributed by atoms with Gasteiger partial charge in [-0.3, -0.25) is 9.79 Å². The molecule has 0 saturated heterocycles. The lowest BCUT2D eigenvalue weighted by Crippen LogP contribution is -2.33. The molecule has 2 rings (SSSR count). The number of carbonyl (C=O) groups excluding carboxylic acids is 1. The lowest BCUT2D eigenvalue weighted by atomic mass is 10.0. The van der Waals surface area contributed by atoms with Crippen molar-refractivity contribution in [2.75, 3.05) is 6.26 Å². The van der Waals surface area contributed by atoms with Gasteiger partial charge in [0.05, 0.1) is 12.5 Å². The molecule has 1 amide bonds. The summed E-state index contributed by atoms with van der Waals surface area (Å²) in [7, 11) is 0. The molecule has 1 N–H and O–H groups in total. The van der Waals surface area contributed by atoms with Gasteiger partial charge in [-0.15, -0.1) is 0 Å². The summed E-state index contributed by atoms with van der Waals surface area (Å²) in [6, 6.07) is 9.88. The summed E-state index contributed by atoms with van der Waals surface area (Å²) in [6.45, 7) is 0. The fourth-order valence-electron chi connectivity index (χ4n) is 1.54. The van der Waals surface area contributed by atoms with Crippen molar-refractivity contribution in [1.29, 1.82) is 0 Å². The number of benzene rings is 1. The molecule has 3 nitrogen and oxygen atoms in total. The number of hydrogen-bond donors (Lipinski definition) is 1. The van der Waals surface area contributed by atoms with Gasteiger partial charge in [-0.05, 0) is 11.8 Å². The van der Waals surface area contributed by atoms with Crippen LogP contribution in [0.25, 0.3) is 0 Å². The predicted octanol–water partition coefficient (Wildman–Crippen LogP) is 1.97. The number of hydrogen-bond acceptors (Lipinski definition) is 3. The third kappa shape index (κ3) is 2.39. The maximum Gasteiger partial charge on any atom is 0.228 e. The van der Waals surface area contributed by atoms with Crippen molar-refractivity contribution in [3.63, 3.8) is 0 Å². The Labute approximate surface area is 93.0 Å². The summed E-state index contributed by atoms with van der Waals surface area (Å²) in [5.41, 5.74) is 1.10. The number of nitrogens with one attached hydrogen (secondary N) is 1. The summed E-state index contributed by atoms with van der Waals surface area (Å²) in [5.74, 6) is 0.0446. The summed E-state index contributed by atoms with van der Waals surface area (Å²) in [5, 5.41) is 3.45. The molecule has 0 radical (unpaired) electrons. The second-order valence-corrected chi connectivity index (χ2v) is 4.11. The van der Waals surface area contributed by atoms with Crippen molar-refractivity contribution in [3.8, 4) is 0 Å². The average Bonchev–Trinajstić information content (AvgIpc) is 2.29. The average molecular weight is 220 g/mol. The third-order valence-corrected chi connectivity index (χ3v) is 2.87. The normalized spacial score (nSPS) is 20.7. The van der Waals surface area contributed by atoms with Crippen LogP contribution in [-0.4, -0.2) is 17.3 Å². The number of rotatable bonds is 1.